The van der Waals surface area contributed by atoms with Crippen molar-refractivity contribution in [1.29, 1.82) is 0 Å². The zero-order valence-electron chi connectivity index (χ0n) is 19.4. The number of hydrogen-bond donors (Lipinski definition) is 8. The molecule has 0 aliphatic rings. The monoisotopic (exact) mass is 525 g/mol. The van der Waals surface area contributed by atoms with Crippen molar-refractivity contribution < 1.29 is 39.0 Å². The van der Waals surface area contributed by atoms with Gasteiger partial charge in [-0.15, -0.1) is 0 Å². The molecule has 0 heterocycles. The van der Waals surface area contributed by atoms with E-state index in [9.17, 15) is 28.8 Å². The molecule has 0 bridgehead atoms. The molecule has 14 heteroatoms. The first-order chi connectivity index (χ1) is 16.9. The number of carboxylic acid groups (broad SMARTS) is 2. The lowest BCUT2D eigenvalue weighted by Gasteiger charge is -2.25. The third kappa shape index (κ3) is 11.2. The molecule has 0 aliphatic heterocycles. The summed E-state index contributed by atoms with van der Waals surface area (Å²) in [6.45, 7) is 0. The summed E-state index contributed by atoms with van der Waals surface area (Å²) in [5, 5.41) is 25.2. The summed E-state index contributed by atoms with van der Waals surface area (Å²) >= 11 is 3.86. The summed E-state index contributed by atoms with van der Waals surface area (Å²) in [7, 11) is 0. The van der Waals surface area contributed by atoms with Crippen molar-refractivity contribution in [2.45, 2.75) is 56.3 Å². The average molecular weight is 526 g/mol. The van der Waals surface area contributed by atoms with E-state index in [0.717, 1.165) is 0 Å². The van der Waals surface area contributed by atoms with Gasteiger partial charge in [-0.05, 0) is 18.4 Å². The number of rotatable bonds is 16. The van der Waals surface area contributed by atoms with E-state index < -0.39 is 66.2 Å². The molecular formula is C22H31N5O8S. The Bertz CT molecular complexity index is 946. The Labute approximate surface area is 212 Å². The first-order valence-electron chi connectivity index (χ1n) is 11.0. The Kier molecular flexibility index (Phi) is 13.0. The topological polar surface area (TPSA) is 231 Å². The summed E-state index contributed by atoms with van der Waals surface area (Å²) in [6.07, 6.45) is -1.02. The van der Waals surface area contributed by atoms with Crippen LogP contribution < -0.4 is 27.4 Å². The maximum absolute atomic E-state index is 13.1. The quantitative estimate of drug-likeness (QED) is 0.113. The van der Waals surface area contributed by atoms with Crippen molar-refractivity contribution in [3.8, 4) is 0 Å². The van der Waals surface area contributed by atoms with Crippen LogP contribution in [0.1, 0.15) is 31.2 Å². The van der Waals surface area contributed by atoms with E-state index in [1.807, 2.05) is 0 Å². The van der Waals surface area contributed by atoms with Gasteiger partial charge >= 0.3 is 11.9 Å². The number of nitrogens with one attached hydrogen (secondary N) is 3. The molecule has 36 heavy (non-hydrogen) atoms. The number of aliphatic carboxylic acids is 2. The maximum atomic E-state index is 13.1. The smallest absolute Gasteiger partial charge is 0.327 e. The minimum absolute atomic E-state index is 0.00259. The van der Waals surface area contributed by atoms with Gasteiger partial charge in [0, 0.05) is 25.0 Å². The van der Waals surface area contributed by atoms with Crippen LogP contribution >= 0.6 is 12.6 Å². The molecule has 0 saturated carbocycles. The lowest BCUT2D eigenvalue weighted by Crippen LogP contribution is -2.57. The maximum Gasteiger partial charge on any atom is 0.327 e. The van der Waals surface area contributed by atoms with Crippen molar-refractivity contribution in [3.05, 3.63) is 35.9 Å². The van der Waals surface area contributed by atoms with E-state index in [1.54, 1.807) is 30.3 Å². The highest BCUT2D eigenvalue weighted by atomic mass is 32.1. The van der Waals surface area contributed by atoms with Crippen LogP contribution in [0.15, 0.2) is 30.3 Å². The molecule has 4 unspecified atom stereocenters. The molecule has 0 radical (unpaired) electrons. The molecule has 0 aromatic heterocycles. The Morgan fingerprint density at radius 1 is 0.806 bits per heavy atom. The molecule has 198 valence electrons. The third-order valence-corrected chi connectivity index (χ3v) is 5.40. The molecule has 0 fully saturated rings. The van der Waals surface area contributed by atoms with Crippen molar-refractivity contribution in [1.82, 2.24) is 16.0 Å². The summed E-state index contributed by atoms with van der Waals surface area (Å²) in [4.78, 5) is 71.6. The minimum Gasteiger partial charge on any atom is -0.481 e. The minimum atomic E-state index is -1.41. The van der Waals surface area contributed by atoms with E-state index in [2.05, 4.69) is 28.6 Å². The Balaban J connectivity index is 3.08. The Morgan fingerprint density at radius 2 is 1.36 bits per heavy atom. The summed E-state index contributed by atoms with van der Waals surface area (Å²) in [6, 6.07) is 3.47. The van der Waals surface area contributed by atoms with Gasteiger partial charge in [0.25, 0.3) is 0 Å². The fraction of sp³-hybridized carbons (Fsp3) is 0.455. The number of carbonyl (C=O) groups excluding carboxylic acids is 4. The van der Waals surface area contributed by atoms with Gasteiger partial charge in [-0.25, -0.2) is 4.79 Å². The Morgan fingerprint density at radius 3 is 1.89 bits per heavy atom. The van der Waals surface area contributed by atoms with Crippen molar-refractivity contribution in [3.63, 3.8) is 0 Å². The number of carbonyl (C=O) groups is 6. The molecular weight excluding hydrogens is 494 g/mol. The van der Waals surface area contributed by atoms with Gasteiger partial charge in [-0.3, -0.25) is 24.0 Å². The van der Waals surface area contributed by atoms with Crippen LogP contribution in [-0.4, -0.2) is 75.7 Å². The number of thiol groups is 1. The fourth-order valence-electron chi connectivity index (χ4n) is 3.03. The summed E-state index contributed by atoms with van der Waals surface area (Å²) in [5.41, 5.74) is 11.5. The first kappa shape index (κ1) is 30.4. The second-order valence-corrected chi connectivity index (χ2v) is 8.30. The highest BCUT2D eigenvalue weighted by molar-refractivity contribution is 7.80. The molecule has 9 N–H and O–H groups in total. The normalized spacial score (nSPS) is 13.9. The van der Waals surface area contributed by atoms with Gasteiger partial charge < -0.3 is 37.6 Å². The zero-order chi connectivity index (χ0) is 27.3. The van der Waals surface area contributed by atoms with E-state index in [1.165, 1.54) is 0 Å². The standard InChI is InChI=1S/C22H31N5O8S/c23-13(6-8-17(24)28)19(31)26-15(10-12-4-2-1-3-5-12)21(33)25-14(7-9-18(29)30)20(32)27-16(11-36)22(34)35/h1-5,13-16,36H,6-11,23H2,(H2,24,28)(H,25,33)(H,26,31)(H,27,32)(H,29,30)(H,34,35). The number of benzene rings is 1. The molecule has 0 spiro atoms. The van der Waals surface area contributed by atoms with Gasteiger partial charge in [-0.1, -0.05) is 30.3 Å². The van der Waals surface area contributed by atoms with Crippen molar-refractivity contribution in [2.24, 2.45) is 11.5 Å². The molecule has 0 saturated heterocycles. The molecule has 1 aromatic carbocycles. The number of nitrogens with two attached hydrogens (primary N) is 2. The van der Waals surface area contributed by atoms with Crippen LogP contribution in [0.5, 0.6) is 0 Å². The highest BCUT2D eigenvalue weighted by Gasteiger charge is 2.30. The number of amides is 4. The van der Waals surface area contributed by atoms with Gasteiger partial charge in [0.1, 0.15) is 18.1 Å². The van der Waals surface area contributed by atoms with Crippen molar-refractivity contribution in [2.75, 3.05) is 5.75 Å². The summed E-state index contributed by atoms with van der Waals surface area (Å²) < 4.78 is 0. The molecule has 4 amide bonds. The average Bonchev–Trinajstić information content (AvgIpc) is 2.82. The van der Waals surface area contributed by atoms with Gasteiger partial charge in [0.05, 0.1) is 6.04 Å². The van der Waals surface area contributed by atoms with E-state index in [0.29, 0.717) is 5.56 Å². The van der Waals surface area contributed by atoms with Crippen LogP contribution in [0.3, 0.4) is 0 Å². The predicted molar refractivity (Wildman–Crippen MR) is 131 cm³/mol. The van der Waals surface area contributed by atoms with Crippen molar-refractivity contribution >= 4 is 48.2 Å². The lowest BCUT2D eigenvalue weighted by molar-refractivity contribution is -0.142. The van der Waals surface area contributed by atoms with Crippen LogP contribution in [0.2, 0.25) is 0 Å². The van der Waals surface area contributed by atoms with Crippen LogP contribution in [0.25, 0.3) is 0 Å². The van der Waals surface area contributed by atoms with Gasteiger partial charge in [0.2, 0.25) is 23.6 Å². The Hall–Kier alpha value is -3.65. The fourth-order valence-corrected chi connectivity index (χ4v) is 3.28. The second kappa shape index (κ2) is 15.4. The lowest BCUT2D eigenvalue weighted by atomic mass is 10.0. The first-order valence-corrected chi connectivity index (χ1v) is 11.6. The number of primary amides is 1. The molecule has 1 aromatic rings. The highest BCUT2D eigenvalue weighted by Crippen LogP contribution is 2.07. The number of carboxylic acids is 2. The SMILES string of the molecule is NC(=O)CCC(N)C(=O)NC(Cc1ccccc1)C(=O)NC(CCC(=O)O)C(=O)NC(CS)C(=O)O. The molecule has 4 atom stereocenters. The zero-order valence-corrected chi connectivity index (χ0v) is 20.3. The van der Waals surface area contributed by atoms with E-state index in [-0.39, 0.29) is 31.4 Å². The van der Waals surface area contributed by atoms with Crippen LogP contribution in [-0.2, 0) is 35.2 Å². The predicted octanol–water partition coefficient (Wildman–Crippen LogP) is -1.84. The van der Waals surface area contributed by atoms with E-state index in [4.69, 9.17) is 21.7 Å². The van der Waals surface area contributed by atoms with Crippen LogP contribution in [0.4, 0.5) is 0 Å². The molecule has 0 aliphatic carbocycles. The largest absolute Gasteiger partial charge is 0.481 e. The second-order valence-electron chi connectivity index (χ2n) is 7.94. The van der Waals surface area contributed by atoms with E-state index >= 15 is 0 Å². The van der Waals surface area contributed by atoms with Crippen LogP contribution in [0, 0.1) is 0 Å². The third-order valence-electron chi connectivity index (χ3n) is 5.03. The molecule has 13 nitrogen and oxygen atoms in total. The number of hydrogen-bond acceptors (Lipinski definition) is 8. The van der Waals surface area contributed by atoms with Gasteiger partial charge in [-0.2, -0.15) is 12.6 Å². The molecule has 1 rings (SSSR count). The van der Waals surface area contributed by atoms with Gasteiger partial charge in [0.15, 0.2) is 0 Å². The summed E-state index contributed by atoms with van der Waals surface area (Å²) in [5.74, 6) is -5.96.